The van der Waals surface area contributed by atoms with E-state index in [4.69, 9.17) is 4.74 Å². The Labute approximate surface area is 121 Å². The van der Waals surface area contributed by atoms with E-state index in [1.807, 2.05) is 36.4 Å². The number of anilines is 1. The van der Waals surface area contributed by atoms with E-state index < -0.39 is 6.09 Å². The van der Waals surface area contributed by atoms with Crippen LogP contribution in [0, 0.1) is 0 Å². The van der Waals surface area contributed by atoms with Gasteiger partial charge in [0.15, 0.2) is 0 Å². The maximum absolute atomic E-state index is 11.5. The predicted molar refractivity (Wildman–Crippen MR) is 81.5 cm³/mol. The van der Waals surface area contributed by atoms with Crippen molar-refractivity contribution in [3.8, 4) is 0 Å². The molecule has 1 amide bonds. The number of halogens is 1. The van der Waals surface area contributed by atoms with Gasteiger partial charge < -0.3 is 4.74 Å². The standard InChI is InChI=1S/C15H16BrNO2/c1-2-3-9-19-15(18)17-12-7-8-13-11(10-12)5-4-6-14(13)16/h4-8,10H,2-3,9H2,1H3,(H,17,18). The zero-order chi connectivity index (χ0) is 13.7. The molecule has 2 aromatic carbocycles. The van der Waals surface area contributed by atoms with E-state index >= 15 is 0 Å². The zero-order valence-corrected chi connectivity index (χ0v) is 12.4. The first-order chi connectivity index (χ1) is 9.20. The van der Waals surface area contributed by atoms with Crippen molar-refractivity contribution in [2.45, 2.75) is 19.8 Å². The lowest BCUT2D eigenvalue weighted by atomic mass is 10.1. The summed E-state index contributed by atoms with van der Waals surface area (Å²) < 4.78 is 6.11. The van der Waals surface area contributed by atoms with Crippen LogP contribution in [0.3, 0.4) is 0 Å². The monoisotopic (exact) mass is 321 g/mol. The average Bonchev–Trinajstić information content (AvgIpc) is 2.39. The third kappa shape index (κ3) is 3.70. The van der Waals surface area contributed by atoms with E-state index in [0.29, 0.717) is 6.61 Å². The Hall–Kier alpha value is -1.55. The molecule has 2 aromatic rings. The van der Waals surface area contributed by atoms with Gasteiger partial charge in [-0.1, -0.05) is 47.5 Å². The molecule has 0 bridgehead atoms. The Balaban J connectivity index is 2.07. The van der Waals surface area contributed by atoms with E-state index in [9.17, 15) is 4.79 Å². The quantitative estimate of drug-likeness (QED) is 0.809. The fourth-order valence-electron chi connectivity index (χ4n) is 1.79. The number of benzene rings is 2. The van der Waals surface area contributed by atoms with Crippen LogP contribution in [-0.2, 0) is 4.74 Å². The molecule has 19 heavy (non-hydrogen) atoms. The first kappa shape index (κ1) is 13.9. The molecule has 3 nitrogen and oxygen atoms in total. The highest BCUT2D eigenvalue weighted by Crippen LogP contribution is 2.26. The van der Waals surface area contributed by atoms with Gasteiger partial charge in [-0.25, -0.2) is 4.79 Å². The molecule has 0 fully saturated rings. The minimum atomic E-state index is -0.400. The summed E-state index contributed by atoms with van der Waals surface area (Å²) in [4.78, 5) is 11.5. The molecule has 0 aliphatic rings. The number of hydrogen-bond acceptors (Lipinski definition) is 2. The molecule has 0 aromatic heterocycles. The van der Waals surface area contributed by atoms with Crippen LogP contribution in [0.15, 0.2) is 40.9 Å². The van der Waals surface area contributed by atoms with Crippen molar-refractivity contribution in [2.24, 2.45) is 0 Å². The molecule has 0 radical (unpaired) electrons. The number of hydrogen-bond donors (Lipinski definition) is 1. The van der Waals surface area contributed by atoms with Crippen LogP contribution >= 0.6 is 15.9 Å². The van der Waals surface area contributed by atoms with Crippen LogP contribution in [0.4, 0.5) is 10.5 Å². The van der Waals surface area contributed by atoms with Gasteiger partial charge in [-0.05, 0) is 35.4 Å². The molecule has 4 heteroatoms. The number of rotatable bonds is 4. The Kier molecular flexibility index (Phi) is 4.80. The van der Waals surface area contributed by atoms with Crippen molar-refractivity contribution < 1.29 is 9.53 Å². The second kappa shape index (κ2) is 6.57. The minimum Gasteiger partial charge on any atom is -0.449 e. The second-order valence-electron chi connectivity index (χ2n) is 4.29. The van der Waals surface area contributed by atoms with Gasteiger partial charge in [0, 0.05) is 10.2 Å². The Bertz CT molecular complexity index is 583. The molecular weight excluding hydrogens is 306 g/mol. The highest BCUT2D eigenvalue weighted by atomic mass is 79.9. The van der Waals surface area contributed by atoms with Gasteiger partial charge in [0.1, 0.15) is 0 Å². The van der Waals surface area contributed by atoms with Gasteiger partial charge in [0.25, 0.3) is 0 Å². The largest absolute Gasteiger partial charge is 0.449 e. The number of fused-ring (bicyclic) bond motifs is 1. The van der Waals surface area contributed by atoms with Gasteiger partial charge in [-0.3, -0.25) is 5.32 Å². The Morgan fingerprint density at radius 1 is 1.32 bits per heavy atom. The summed E-state index contributed by atoms with van der Waals surface area (Å²) in [7, 11) is 0. The van der Waals surface area contributed by atoms with Crippen molar-refractivity contribution in [3.63, 3.8) is 0 Å². The summed E-state index contributed by atoms with van der Waals surface area (Å²) in [5.74, 6) is 0. The van der Waals surface area contributed by atoms with Crippen molar-refractivity contribution >= 4 is 38.5 Å². The first-order valence-electron chi connectivity index (χ1n) is 6.33. The summed E-state index contributed by atoms with van der Waals surface area (Å²) in [5, 5.41) is 4.92. The highest BCUT2D eigenvalue weighted by molar-refractivity contribution is 9.10. The number of unbranched alkanes of at least 4 members (excludes halogenated alkanes) is 1. The van der Waals surface area contributed by atoms with Crippen LogP contribution in [0.1, 0.15) is 19.8 Å². The first-order valence-corrected chi connectivity index (χ1v) is 7.12. The highest BCUT2D eigenvalue weighted by Gasteiger charge is 2.04. The number of nitrogens with one attached hydrogen (secondary N) is 1. The molecule has 1 N–H and O–H groups in total. The van der Waals surface area contributed by atoms with E-state index in [0.717, 1.165) is 33.8 Å². The summed E-state index contributed by atoms with van der Waals surface area (Å²) >= 11 is 3.50. The fourth-order valence-corrected chi connectivity index (χ4v) is 2.30. The van der Waals surface area contributed by atoms with Crippen LogP contribution in [0.25, 0.3) is 10.8 Å². The Morgan fingerprint density at radius 3 is 2.95 bits per heavy atom. The minimum absolute atomic E-state index is 0.400. The third-order valence-electron chi connectivity index (χ3n) is 2.80. The molecule has 0 aliphatic carbocycles. The molecule has 0 saturated heterocycles. The fraction of sp³-hybridized carbons (Fsp3) is 0.267. The lowest BCUT2D eigenvalue weighted by Gasteiger charge is -2.08. The summed E-state index contributed by atoms with van der Waals surface area (Å²) in [5.41, 5.74) is 0.743. The number of amides is 1. The molecule has 100 valence electrons. The number of carbonyl (C=O) groups excluding carboxylic acids is 1. The lowest BCUT2D eigenvalue weighted by molar-refractivity contribution is 0.160. The van der Waals surface area contributed by atoms with Crippen LogP contribution in [0.5, 0.6) is 0 Å². The predicted octanol–water partition coefficient (Wildman–Crippen LogP) is 4.95. The van der Waals surface area contributed by atoms with Crippen molar-refractivity contribution in [1.82, 2.24) is 0 Å². The molecular formula is C15H16BrNO2. The zero-order valence-electron chi connectivity index (χ0n) is 10.8. The molecule has 0 atom stereocenters. The van der Waals surface area contributed by atoms with E-state index in [2.05, 4.69) is 28.2 Å². The maximum Gasteiger partial charge on any atom is 0.411 e. The van der Waals surface area contributed by atoms with E-state index in [1.165, 1.54) is 0 Å². The second-order valence-corrected chi connectivity index (χ2v) is 5.14. The molecule has 0 unspecified atom stereocenters. The summed E-state index contributed by atoms with van der Waals surface area (Å²) in [6.07, 6.45) is 1.50. The third-order valence-corrected chi connectivity index (χ3v) is 3.50. The normalized spacial score (nSPS) is 10.4. The van der Waals surface area contributed by atoms with Crippen LogP contribution < -0.4 is 5.32 Å². The smallest absolute Gasteiger partial charge is 0.411 e. The van der Waals surface area contributed by atoms with Crippen molar-refractivity contribution in [3.05, 3.63) is 40.9 Å². The molecule has 0 aliphatic heterocycles. The van der Waals surface area contributed by atoms with Crippen molar-refractivity contribution in [1.29, 1.82) is 0 Å². The van der Waals surface area contributed by atoms with Gasteiger partial charge in [-0.15, -0.1) is 0 Å². The number of carbonyl (C=O) groups is 1. The summed E-state index contributed by atoms with van der Waals surface area (Å²) in [6, 6.07) is 11.7. The summed E-state index contributed by atoms with van der Waals surface area (Å²) in [6.45, 7) is 2.52. The number of ether oxygens (including phenoxy) is 1. The van der Waals surface area contributed by atoms with Gasteiger partial charge in [-0.2, -0.15) is 0 Å². The average molecular weight is 322 g/mol. The topological polar surface area (TPSA) is 38.3 Å². The van der Waals surface area contributed by atoms with Gasteiger partial charge in [0.2, 0.25) is 0 Å². The van der Waals surface area contributed by atoms with Gasteiger partial charge in [0.05, 0.1) is 6.61 Å². The molecule has 0 heterocycles. The maximum atomic E-state index is 11.5. The van der Waals surface area contributed by atoms with Crippen molar-refractivity contribution in [2.75, 3.05) is 11.9 Å². The molecule has 2 rings (SSSR count). The van der Waals surface area contributed by atoms with Crippen LogP contribution in [0.2, 0.25) is 0 Å². The van der Waals surface area contributed by atoms with Gasteiger partial charge >= 0.3 is 6.09 Å². The van der Waals surface area contributed by atoms with E-state index in [1.54, 1.807) is 0 Å². The molecule has 0 spiro atoms. The SMILES string of the molecule is CCCCOC(=O)Nc1ccc2c(Br)cccc2c1. The molecule has 0 saturated carbocycles. The Morgan fingerprint density at radius 2 is 2.16 bits per heavy atom. The van der Waals surface area contributed by atoms with E-state index in [-0.39, 0.29) is 0 Å². The van der Waals surface area contributed by atoms with Crippen LogP contribution in [-0.4, -0.2) is 12.7 Å². The lowest BCUT2D eigenvalue weighted by Crippen LogP contribution is -2.14.